The molecule has 0 fully saturated rings. The molecule has 0 aliphatic carbocycles. The lowest BCUT2D eigenvalue weighted by Crippen LogP contribution is -2.22. The van der Waals surface area contributed by atoms with Crippen LogP contribution in [0.5, 0.6) is 0 Å². The van der Waals surface area contributed by atoms with Crippen LogP contribution in [-0.2, 0) is 0 Å². The molecule has 0 amide bonds. The molecule has 62 valence electrons. The normalized spacial score (nSPS) is 8.10. The van der Waals surface area contributed by atoms with Gasteiger partial charge in [0.2, 0.25) is 0 Å². The van der Waals surface area contributed by atoms with Crippen molar-refractivity contribution in [2.45, 2.75) is 26.2 Å². The van der Waals surface area contributed by atoms with Gasteiger partial charge in [-0.25, -0.2) is 0 Å². The van der Waals surface area contributed by atoms with Crippen molar-refractivity contribution in [1.82, 2.24) is 0 Å². The van der Waals surface area contributed by atoms with E-state index in [0.29, 0.717) is 0 Å². The lowest BCUT2D eigenvalue weighted by Gasteiger charge is -1.92. The molecule has 0 unspecified atom stereocenters. The number of hydrogen-bond acceptors (Lipinski definition) is 1. The Morgan fingerprint density at radius 1 is 1.30 bits per heavy atom. The van der Waals surface area contributed by atoms with Gasteiger partial charge in [-0.2, -0.15) is 0 Å². The Morgan fingerprint density at radius 3 is 2.30 bits per heavy atom. The van der Waals surface area contributed by atoms with Crippen molar-refractivity contribution in [1.29, 1.82) is 0 Å². The Kier molecular flexibility index (Phi) is 10.5. The average molecular weight is 166 g/mol. The molecule has 0 saturated heterocycles. The van der Waals surface area contributed by atoms with Gasteiger partial charge in [0, 0.05) is 6.54 Å². The average Bonchev–Trinajstić information content (AvgIpc) is 1.80. The van der Waals surface area contributed by atoms with E-state index in [-0.39, 0.29) is 18.4 Å². The summed E-state index contributed by atoms with van der Waals surface area (Å²) in [5.41, 5.74) is 10.2. The van der Waals surface area contributed by atoms with Crippen molar-refractivity contribution in [2.24, 2.45) is 16.5 Å². The number of halogens is 1. The quantitative estimate of drug-likeness (QED) is 0.369. The first-order valence-electron chi connectivity index (χ1n) is 3.32. The van der Waals surface area contributed by atoms with Crippen LogP contribution in [-0.4, -0.2) is 12.5 Å². The summed E-state index contributed by atoms with van der Waals surface area (Å²) >= 11 is 0. The van der Waals surface area contributed by atoms with Crippen LogP contribution in [0.2, 0.25) is 0 Å². The predicted molar refractivity (Wildman–Crippen MR) is 47.4 cm³/mol. The maximum atomic E-state index is 5.10. The highest BCUT2D eigenvalue weighted by molar-refractivity contribution is 5.85. The molecule has 4 heteroatoms. The lowest BCUT2D eigenvalue weighted by atomic mass is 10.2. The fourth-order valence-corrected chi connectivity index (χ4v) is 0.570. The van der Waals surface area contributed by atoms with Crippen LogP contribution >= 0.6 is 12.4 Å². The third-order valence-electron chi connectivity index (χ3n) is 1.06. The van der Waals surface area contributed by atoms with Crippen LogP contribution in [0.25, 0.3) is 0 Å². The van der Waals surface area contributed by atoms with Crippen LogP contribution in [0.4, 0.5) is 0 Å². The summed E-state index contributed by atoms with van der Waals surface area (Å²) in [5.74, 6) is 0.200. The van der Waals surface area contributed by atoms with Crippen molar-refractivity contribution in [3.8, 4) is 0 Å². The maximum Gasteiger partial charge on any atom is 0.185 e. The van der Waals surface area contributed by atoms with Crippen LogP contribution < -0.4 is 11.5 Å². The lowest BCUT2D eigenvalue weighted by molar-refractivity contribution is 0.727. The molecular formula is C6H16ClN3. The monoisotopic (exact) mass is 165 g/mol. The second-order valence-electron chi connectivity index (χ2n) is 2.01. The number of nitrogens with zero attached hydrogens (tertiary/aromatic N) is 1. The molecule has 0 atom stereocenters. The third kappa shape index (κ3) is 10.5. The topological polar surface area (TPSA) is 64.4 Å². The van der Waals surface area contributed by atoms with Gasteiger partial charge in [-0.1, -0.05) is 19.8 Å². The largest absolute Gasteiger partial charge is 0.370 e. The van der Waals surface area contributed by atoms with Gasteiger partial charge in [0.15, 0.2) is 5.96 Å². The van der Waals surface area contributed by atoms with Gasteiger partial charge in [0.1, 0.15) is 0 Å². The molecular weight excluding hydrogens is 150 g/mol. The Labute approximate surface area is 68.3 Å². The van der Waals surface area contributed by atoms with E-state index in [4.69, 9.17) is 11.5 Å². The highest BCUT2D eigenvalue weighted by Gasteiger charge is 1.82. The van der Waals surface area contributed by atoms with E-state index in [1.807, 2.05) is 0 Å². The molecule has 0 saturated carbocycles. The molecule has 0 aliphatic rings. The van der Waals surface area contributed by atoms with Crippen LogP contribution in [0, 0.1) is 0 Å². The third-order valence-corrected chi connectivity index (χ3v) is 1.06. The second-order valence-corrected chi connectivity index (χ2v) is 2.01. The number of guanidine groups is 1. The molecule has 0 radical (unpaired) electrons. The van der Waals surface area contributed by atoms with E-state index in [9.17, 15) is 0 Å². The SMILES string of the molecule is CCCCCN=C(N)N.Cl. The van der Waals surface area contributed by atoms with Gasteiger partial charge < -0.3 is 11.5 Å². The first kappa shape index (κ1) is 12.3. The summed E-state index contributed by atoms with van der Waals surface area (Å²) in [6.07, 6.45) is 3.51. The van der Waals surface area contributed by atoms with Crippen molar-refractivity contribution in [2.75, 3.05) is 6.54 Å². The van der Waals surface area contributed by atoms with E-state index >= 15 is 0 Å². The minimum Gasteiger partial charge on any atom is -0.370 e. The van der Waals surface area contributed by atoms with Crippen molar-refractivity contribution in [3.63, 3.8) is 0 Å². The standard InChI is InChI=1S/C6H15N3.ClH/c1-2-3-4-5-9-6(7)8;/h2-5H2,1H3,(H4,7,8,9);1H. The molecule has 3 nitrogen and oxygen atoms in total. The first-order chi connectivity index (χ1) is 4.27. The summed E-state index contributed by atoms with van der Waals surface area (Å²) in [6.45, 7) is 2.92. The molecule has 0 rings (SSSR count). The fourth-order valence-electron chi connectivity index (χ4n) is 0.570. The Bertz CT molecular complexity index is 89.0. The van der Waals surface area contributed by atoms with E-state index in [0.717, 1.165) is 13.0 Å². The number of hydrogen-bond donors (Lipinski definition) is 2. The molecule has 0 heterocycles. The van der Waals surface area contributed by atoms with Crippen LogP contribution in [0.1, 0.15) is 26.2 Å². The van der Waals surface area contributed by atoms with Crippen LogP contribution in [0.15, 0.2) is 4.99 Å². The molecule has 0 aromatic carbocycles. The summed E-state index contributed by atoms with van der Waals surface area (Å²) in [7, 11) is 0. The van der Waals surface area contributed by atoms with Gasteiger partial charge in [-0.3, -0.25) is 4.99 Å². The Balaban J connectivity index is 0. The zero-order valence-corrected chi connectivity index (χ0v) is 7.16. The summed E-state index contributed by atoms with van der Waals surface area (Å²) in [5, 5.41) is 0. The minimum atomic E-state index is 0. The van der Waals surface area contributed by atoms with Crippen molar-refractivity contribution < 1.29 is 0 Å². The molecule has 0 spiro atoms. The summed E-state index contributed by atoms with van der Waals surface area (Å²) < 4.78 is 0. The maximum absolute atomic E-state index is 5.10. The number of unbranched alkanes of at least 4 members (excludes halogenated alkanes) is 2. The first-order valence-corrected chi connectivity index (χ1v) is 3.32. The molecule has 0 aliphatic heterocycles. The van der Waals surface area contributed by atoms with Gasteiger partial charge in [0.25, 0.3) is 0 Å². The number of aliphatic imine (C=N–C) groups is 1. The van der Waals surface area contributed by atoms with Gasteiger partial charge in [-0.15, -0.1) is 12.4 Å². The Morgan fingerprint density at radius 2 is 1.90 bits per heavy atom. The zero-order valence-electron chi connectivity index (χ0n) is 6.34. The van der Waals surface area contributed by atoms with Gasteiger partial charge in [0.05, 0.1) is 0 Å². The molecule has 0 aromatic heterocycles. The van der Waals surface area contributed by atoms with E-state index in [1.165, 1.54) is 12.8 Å². The smallest absolute Gasteiger partial charge is 0.185 e. The van der Waals surface area contributed by atoms with E-state index < -0.39 is 0 Å². The van der Waals surface area contributed by atoms with Gasteiger partial charge in [-0.05, 0) is 6.42 Å². The van der Waals surface area contributed by atoms with Crippen molar-refractivity contribution >= 4 is 18.4 Å². The summed E-state index contributed by atoms with van der Waals surface area (Å²) in [6, 6.07) is 0. The fraction of sp³-hybridized carbons (Fsp3) is 0.833. The zero-order chi connectivity index (χ0) is 7.11. The molecule has 0 aromatic rings. The minimum absolute atomic E-state index is 0. The van der Waals surface area contributed by atoms with Crippen LogP contribution in [0.3, 0.4) is 0 Å². The second kappa shape index (κ2) is 8.56. The number of rotatable bonds is 4. The highest BCUT2D eigenvalue weighted by Crippen LogP contribution is 1.92. The molecule has 10 heavy (non-hydrogen) atoms. The van der Waals surface area contributed by atoms with Gasteiger partial charge >= 0.3 is 0 Å². The van der Waals surface area contributed by atoms with E-state index in [1.54, 1.807) is 0 Å². The molecule has 4 N–H and O–H groups in total. The van der Waals surface area contributed by atoms with E-state index in [2.05, 4.69) is 11.9 Å². The Hall–Kier alpha value is -0.440. The van der Waals surface area contributed by atoms with Crippen molar-refractivity contribution in [3.05, 3.63) is 0 Å². The highest BCUT2D eigenvalue weighted by atomic mass is 35.5. The predicted octanol–water partition coefficient (Wildman–Crippen LogP) is 0.872. The number of nitrogens with two attached hydrogens (primary N) is 2. The molecule has 0 bridgehead atoms. The summed E-state index contributed by atoms with van der Waals surface area (Å²) in [4.78, 5) is 3.83.